The largest absolute Gasteiger partial charge is 0.353 e. The summed E-state index contributed by atoms with van der Waals surface area (Å²) in [5, 5.41) is 3.99. The molecule has 1 N–H and O–H groups in total. The molecule has 7 nitrogen and oxygen atoms in total. The maximum Gasteiger partial charge on any atom is 0.263 e. The molecule has 0 radical (unpaired) electrons. The van der Waals surface area contributed by atoms with Crippen molar-refractivity contribution in [2.24, 2.45) is 0 Å². The van der Waals surface area contributed by atoms with E-state index in [0.29, 0.717) is 51.5 Å². The first-order valence-electron chi connectivity index (χ1n) is 10.3. The molecule has 1 aliphatic rings. The van der Waals surface area contributed by atoms with Crippen molar-refractivity contribution >= 4 is 35.1 Å². The van der Waals surface area contributed by atoms with Crippen LogP contribution in [-0.2, 0) is 13.0 Å². The van der Waals surface area contributed by atoms with Crippen molar-refractivity contribution in [3.63, 3.8) is 0 Å². The third kappa shape index (κ3) is 4.23. The highest BCUT2D eigenvalue weighted by molar-refractivity contribution is 6.42. The molecule has 166 valence electrons. The summed E-state index contributed by atoms with van der Waals surface area (Å²) in [5.74, 6) is 0.255. The lowest BCUT2D eigenvalue weighted by atomic mass is 10.0. The van der Waals surface area contributed by atoms with Gasteiger partial charge in [-0.1, -0.05) is 23.2 Å². The molecule has 3 aromatic rings. The second-order valence-corrected chi connectivity index (χ2v) is 8.88. The summed E-state index contributed by atoms with van der Waals surface area (Å²) in [7, 11) is 0. The lowest BCUT2D eigenvalue weighted by molar-refractivity contribution is 0.0731. The van der Waals surface area contributed by atoms with Crippen LogP contribution in [0.15, 0.2) is 41.5 Å². The molecule has 3 heterocycles. The molecule has 9 heteroatoms. The van der Waals surface area contributed by atoms with Gasteiger partial charge in [-0.2, -0.15) is 0 Å². The van der Waals surface area contributed by atoms with Gasteiger partial charge in [-0.25, -0.2) is 9.55 Å². The number of aromatic nitrogens is 3. The Kier molecular flexibility index (Phi) is 6.22. The van der Waals surface area contributed by atoms with Crippen LogP contribution in [0.3, 0.4) is 0 Å². The number of nitrogens with zero attached hydrogens (tertiary/aromatic N) is 4. The molecule has 0 saturated heterocycles. The Bertz CT molecular complexity index is 1260. The quantitative estimate of drug-likeness (QED) is 0.614. The van der Waals surface area contributed by atoms with Crippen LogP contribution in [0.2, 0.25) is 10.0 Å². The van der Waals surface area contributed by atoms with E-state index in [4.69, 9.17) is 28.2 Å². The molecule has 1 amide bonds. The lowest BCUT2D eigenvalue weighted by Crippen LogP contribution is -2.41. The van der Waals surface area contributed by atoms with E-state index in [-0.39, 0.29) is 24.1 Å². The normalized spacial score (nSPS) is 13.2. The molecule has 0 aliphatic carbocycles. The highest BCUT2D eigenvalue weighted by Gasteiger charge is 2.28. The minimum atomic E-state index is -0.179. The van der Waals surface area contributed by atoms with E-state index in [9.17, 15) is 9.59 Å². The Hall–Kier alpha value is -2.90. The molecule has 0 bridgehead atoms. The van der Waals surface area contributed by atoms with Crippen molar-refractivity contribution in [1.29, 1.82) is 0 Å². The van der Waals surface area contributed by atoms with Gasteiger partial charge in [-0.15, -0.1) is 0 Å². The van der Waals surface area contributed by atoms with Gasteiger partial charge >= 0.3 is 0 Å². The number of pyridine rings is 1. The van der Waals surface area contributed by atoms with E-state index in [1.165, 1.54) is 0 Å². The number of aryl methyl sites for hydroxylation is 1. The molecule has 2 aromatic heterocycles. The number of rotatable bonds is 4. The van der Waals surface area contributed by atoms with Crippen LogP contribution in [0, 0.1) is 6.92 Å². The van der Waals surface area contributed by atoms with Crippen molar-refractivity contribution in [3.05, 3.63) is 79.4 Å². The first-order chi connectivity index (χ1) is 15.3. The third-order valence-electron chi connectivity index (χ3n) is 5.36. The van der Waals surface area contributed by atoms with Gasteiger partial charge in [-0.3, -0.25) is 14.6 Å². The van der Waals surface area contributed by atoms with Gasteiger partial charge in [0, 0.05) is 29.9 Å². The van der Waals surface area contributed by atoms with Crippen LogP contribution < -0.4 is 10.9 Å². The van der Waals surface area contributed by atoms with Crippen molar-refractivity contribution in [2.45, 2.75) is 39.8 Å². The SMILES string of the molecule is Cc1ccncc1-n1c(NC(C)C)nc2c(c1=O)CCN(C(=O)c1ccc(Cl)c(Cl)c1)C2. The van der Waals surface area contributed by atoms with Crippen LogP contribution in [0.25, 0.3) is 5.69 Å². The standard InChI is InChI=1S/C23H23Cl2N5O2/c1-13(2)27-23-28-19-12-29(21(31)15-4-5-17(24)18(25)10-15)9-7-16(19)22(32)30(23)20-11-26-8-6-14(20)3/h4-6,8,10-11,13H,7,9,12H2,1-3H3,(H,27,28). The number of carbonyl (C=O) groups excluding carboxylic acids is 1. The number of carbonyl (C=O) groups is 1. The van der Waals surface area contributed by atoms with Gasteiger partial charge in [-0.05, 0) is 57.0 Å². The van der Waals surface area contributed by atoms with Gasteiger partial charge in [0.25, 0.3) is 11.5 Å². The zero-order valence-corrected chi connectivity index (χ0v) is 19.5. The number of hydrogen-bond acceptors (Lipinski definition) is 5. The first-order valence-corrected chi connectivity index (χ1v) is 11.1. The summed E-state index contributed by atoms with van der Waals surface area (Å²) < 4.78 is 1.58. The number of benzene rings is 1. The minimum absolute atomic E-state index is 0.0562. The van der Waals surface area contributed by atoms with E-state index < -0.39 is 0 Å². The molecule has 32 heavy (non-hydrogen) atoms. The van der Waals surface area contributed by atoms with E-state index in [0.717, 1.165) is 5.56 Å². The maximum atomic E-state index is 13.5. The molecular formula is C23H23Cl2N5O2. The van der Waals surface area contributed by atoms with Gasteiger partial charge in [0.2, 0.25) is 5.95 Å². The number of hydrogen-bond donors (Lipinski definition) is 1. The summed E-state index contributed by atoms with van der Waals surface area (Å²) >= 11 is 12.1. The highest BCUT2D eigenvalue weighted by atomic mass is 35.5. The average Bonchev–Trinajstić information content (AvgIpc) is 2.75. The minimum Gasteiger partial charge on any atom is -0.353 e. The zero-order valence-electron chi connectivity index (χ0n) is 18.0. The van der Waals surface area contributed by atoms with Crippen LogP contribution in [0.5, 0.6) is 0 Å². The van der Waals surface area contributed by atoms with Gasteiger partial charge in [0.15, 0.2) is 0 Å². The fourth-order valence-electron chi connectivity index (χ4n) is 3.74. The summed E-state index contributed by atoms with van der Waals surface area (Å²) in [6.07, 6.45) is 3.77. The Morgan fingerprint density at radius 2 is 1.97 bits per heavy atom. The number of nitrogens with one attached hydrogen (secondary N) is 1. The third-order valence-corrected chi connectivity index (χ3v) is 6.10. The molecule has 0 spiro atoms. The number of amides is 1. The predicted molar refractivity (Wildman–Crippen MR) is 126 cm³/mol. The Morgan fingerprint density at radius 1 is 1.19 bits per heavy atom. The van der Waals surface area contributed by atoms with Crippen LogP contribution in [0.4, 0.5) is 5.95 Å². The topological polar surface area (TPSA) is 80.1 Å². The fourth-order valence-corrected chi connectivity index (χ4v) is 4.04. The summed E-state index contributed by atoms with van der Waals surface area (Å²) in [6.45, 7) is 6.53. The van der Waals surface area contributed by atoms with Crippen molar-refractivity contribution in [3.8, 4) is 5.69 Å². The Labute approximate surface area is 196 Å². The molecule has 0 atom stereocenters. The summed E-state index contributed by atoms with van der Waals surface area (Å²) in [5.41, 5.74) is 3.11. The van der Waals surface area contributed by atoms with Crippen LogP contribution >= 0.6 is 23.2 Å². The molecule has 1 aromatic carbocycles. The molecular weight excluding hydrogens is 449 g/mol. The fraction of sp³-hybridized carbons (Fsp3) is 0.304. The van der Waals surface area contributed by atoms with Crippen LogP contribution in [-0.4, -0.2) is 37.9 Å². The molecule has 4 rings (SSSR count). The van der Waals surface area contributed by atoms with Crippen molar-refractivity contribution in [1.82, 2.24) is 19.4 Å². The summed E-state index contributed by atoms with van der Waals surface area (Å²) in [6, 6.07) is 6.73. The molecule has 1 aliphatic heterocycles. The van der Waals surface area contributed by atoms with Gasteiger partial charge in [0.1, 0.15) is 0 Å². The lowest BCUT2D eigenvalue weighted by Gasteiger charge is -2.29. The number of fused-ring (bicyclic) bond motifs is 1. The van der Waals surface area contributed by atoms with E-state index >= 15 is 0 Å². The average molecular weight is 472 g/mol. The second-order valence-electron chi connectivity index (χ2n) is 8.07. The van der Waals surface area contributed by atoms with Crippen LogP contribution in [0.1, 0.15) is 41.0 Å². The number of anilines is 1. The van der Waals surface area contributed by atoms with Gasteiger partial charge < -0.3 is 10.2 Å². The van der Waals surface area contributed by atoms with E-state index in [1.54, 1.807) is 40.1 Å². The molecule has 0 fully saturated rings. The molecule has 0 saturated carbocycles. The van der Waals surface area contributed by atoms with Crippen molar-refractivity contribution in [2.75, 3.05) is 11.9 Å². The Morgan fingerprint density at radius 3 is 2.66 bits per heavy atom. The smallest absolute Gasteiger partial charge is 0.263 e. The second kappa shape index (κ2) is 8.92. The molecule has 0 unspecified atom stereocenters. The van der Waals surface area contributed by atoms with Gasteiger partial charge in [0.05, 0.1) is 34.2 Å². The number of halogens is 2. The van der Waals surface area contributed by atoms with Crippen molar-refractivity contribution < 1.29 is 4.79 Å². The van der Waals surface area contributed by atoms with E-state index in [2.05, 4.69) is 10.3 Å². The van der Waals surface area contributed by atoms with E-state index in [1.807, 2.05) is 26.8 Å². The predicted octanol–water partition coefficient (Wildman–Crippen LogP) is 4.26. The monoisotopic (exact) mass is 471 g/mol. The zero-order chi connectivity index (χ0) is 23.0. The Balaban J connectivity index is 1.75. The summed E-state index contributed by atoms with van der Waals surface area (Å²) in [4.78, 5) is 37.2. The maximum absolute atomic E-state index is 13.5. The first kappa shape index (κ1) is 22.3. The highest BCUT2D eigenvalue weighted by Crippen LogP contribution is 2.25.